The van der Waals surface area contributed by atoms with Gasteiger partial charge in [-0.05, 0) is 56.2 Å². The third-order valence-corrected chi connectivity index (χ3v) is 4.86. The molecular formula is C17H14N2O2S. The molecule has 0 bridgehead atoms. The number of aryl methyl sites for hydroxylation is 3. The van der Waals surface area contributed by atoms with Crippen molar-refractivity contribution >= 4 is 33.4 Å². The Balaban J connectivity index is 2.04. The first kappa shape index (κ1) is 13.3. The summed E-state index contributed by atoms with van der Waals surface area (Å²) in [6.45, 7) is 5.98. The van der Waals surface area contributed by atoms with Crippen LogP contribution in [0.25, 0.3) is 22.1 Å². The maximum absolute atomic E-state index is 12.7. The summed E-state index contributed by atoms with van der Waals surface area (Å²) in [5.74, 6) is 1.52. The molecule has 0 aliphatic carbocycles. The van der Waals surface area contributed by atoms with Crippen LogP contribution < -0.4 is 10.1 Å². The van der Waals surface area contributed by atoms with Gasteiger partial charge in [-0.1, -0.05) is 11.3 Å². The minimum Gasteiger partial charge on any atom is -0.462 e. The van der Waals surface area contributed by atoms with E-state index >= 15 is 0 Å². The Morgan fingerprint density at radius 3 is 2.68 bits per heavy atom. The molecule has 0 spiro atoms. The number of fused-ring (bicyclic) bond motifs is 3. The summed E-state index contributed by atoms with van der Waals surface area (Å²) in [6.07, 6.45) is 1.78. The van der Waals surface area contributed by atoms with Crippen LogP contribution in [0.4, 0.5) is 0 Å². The normalized spacial score (nSPS) is 12.8. The Labute approximate surface area is 130 Å². The Kier molecular flexibility index (Phi) is 2.74. The molecule has 0 fully saturated rings. The molecule has 0 saturated heterocycles. The van der Waals surface area contributed by atoms with Crippen LogP contribution in [0, 0.1) is 20.8 Å². The Bertz CT molecular complexity index is 1130. The average Bonchev–Trinajstić information content (AvgIpc) is 3.09. The standard InChI is InChI=1S/C17H14N2O2S/c1-9-6-13-14(7-10(9)2)19-16(20)15(22-17(19)18-13)8-12-5-4-11(3)21-12/h4-8H,1-3H3/b15-8-. The van der Waals surface area contributed by atoms with Crippen LogP contribution in [0.3, 0.4) is 0 Å². The van der Waals surface area contributed by atoms with Crippen molar-refractivity contribution < 1.29 is 4.42 Å². The number of benzene rings is 1. The minimum absolute atomic E-state index is 0.0418. The molecule has 0 saturated carbocycles. The molecule has 0 atom stereocenters. The van der Waals surface area contributed by atoms with Gasteiger partial charge in [0.15, 0.2) is 4.96 Å². The van der Waals surface area contributed by atoms with Crippen molar-refractivity contribution in [3.8, 4) is 0 Å². The van der Waals surface area contributed by atoms with Crippen molar-refractivity contribution in [2.75, 3.05) is 0 Å². The second-order valence-corrected chi connectivity index (χ2v) is 6.53. The molecule has 0 aliphatic rings. The monoisotopic (exact) mass is 310 g/mol. The molecule has 3 heterocycles. The fraction of sp³-hybridized carbons (Fsp3) is 0.176. The molecule has 4 aromatic rings. The van der Waals surface area contributed by atoms with Crippen molar-refractivity contribution in [2.24, 2.45) is 0 Å². The predicted molar refractivity (Wildman–Crippen MR) is 88.5 cm³/mol. The van der Waals surface area contributed by atoms with Gasteiger partial charge in [-0.25, -0.2) is 9.38 Å². The number of hydrogen-bond acceptors (Lipinski definition) is 4. The summed E-state index contributed by atoms with van der Waals surface area (Å²) in [5, 5.41) is 0. The summed E-state index contributed by atoms with van der Waals surface area (Å²) in [5.41, 5.74) is 4.04. The van der Waals surface area contributed by atoms with E-state index in [1.807, 2.05) is 38.1 Å². The van der Waals surface area contributed by atoms with Gasteiger partial charge in [-0.3, -0.25) is 4.79 Å². The Hall–Kier alpha value is -2.40. The molecular weight excluding hydrogens is 296 g/mol. The van der Waals surface area contributed by atoms with Crippen molar-refractivity contribution in [2.45, 2.75) is 20.8 Å². The van der Waals surface area contributed by atoms with Crippen LogP contribution in [0.2, 0.25) is 0 Å². The molecule has 0 N–H and O–H groups in total. The van der Waals surface area contributed by atoms with Gasteiger partial charge in [0.2, 0.25) is 0 Å². The van der Waals surface area contributed by atoms with E-state index in [4.69, 9.17) is 4.42 Å². The zero-order valence-corrected chi connectivity index (χ0v) is 13.3. The van der Waals surface area contributed by atoms with Crippen molar-refractivity contribution in [3.05, 3.63) is 61.8 Å². The zero-order valence-electron chi connectivity index (χ0n) is 12.5. The van der Waals surface area contributed by atoms with Gasteiger partial charge in [0, 0.05) is 6.08 Å². The lowest BCUT2D eigenvalue weighted by molar-refractivity contribution is 0.525. The van der Waals surface area contributed by atoms with Gasteiger partial charge < -0.3 is 4.42 Å². The molecule has 22 heavy (non-hydrogen) atoms. The molecule has 0 aliphatic heterocycles. The van der Waals surface area contributed by atoms with Crippen molar-refractivity contribution in [1.29, 1.82) is 0 Å². The smallest absolute Gasteiger partial charge is 0.275 e. The first-order valence-electron chi connectivity index (χ1n) is 7.03. The quantitative estimate of drug-likeness (QED) is 0.543. The highest BCUT2D eigenvalue weighted by atomic mass is 32.1. The van der Waals surface area contributed by atoms with E-state index in [-0.39, 0.29) is 5.56 Å². The number of rotatable bonds is 1. The number of furan rings is 1. The third kappa shape index (κ3) is 1.89. The molecule has 4 rings (SSSR count). The maximum atomic E-state index is 12.7. The molecule has 5 heteroatoms. The highest BCUT2D eigenvalue weighted by Gasteiger charge is 2.12. The maximum Gasteiger partial charge on any atom is 0.275 e. The van der Waals surface area contributed by atoms with E-state index in [0.29, 0.717) is 10.3 Å². The van der Waals surface area contributed by atoms with Gasteiger partial charge in [0.05, 0.1) is 11.0 Å². The summed E-state index contributed by atoms with van der Waals surface area (Å²) in [6, 6.07) is 7.81. The van der Waals surface area contributed by atoms with Gasteiger partial charge in [-0.15, -0.1) is 0 Å². The second-order valence-electron chi connectivity index (χ2n) is 5.52. The average molecular weight is 310 g/mol. The fourth-order valence-electron chi connectivity index (χ4n) is 2.58. The minimum atomic E-state index is -0.0418. The van der Waals surface area contributed by atoms with Gasteiger partial charge in [-0.2, -0.15) is 0 Å². The number of imidazole rings is 1. The number of nitrogens with zero attached hydrogens (tertiary/aromatic N) is 2. The lowest BCUT2D eigenvalue weighted by Gasteiger charge is -1.98. The third-order valence-electron chi connectivity index (χ3n) is 3.89. The largest absolute Gasteiger partial charge is 0.462 e. The first-order valence-corrected chi connectivity index (χ1v) is 7.85. The second kappa shape index (κ2) is 4.55. The summed E-state index contributed by atoms with van der Waals surface area (Å²) < 4.78 is 7.84. The molecule has 0 amide bonds. The molecule has 1 aromatic carbocycles. The lowest BCUT2D eigenvalue weighted by Crippen LogP contribution is -2.22. The molecule has 110 valence electrons. The Morgan fingerprint density at radius 1 is 1.18 bits per heavy atom. The van der Waals surface area contributed by atoms with E-state index in [9.17, 15) is 4.79 Å². The lowest BCUT2D eigenvalue weighted by atomic mass is 10.1. The van der Waals surface area contributed by atoms with Crippen LogP contribution in [-0.2, 0) is 0 Å². The molecule has 4 nitrogen and oxygen atoms in total. The summed E-state index contributed by atoms with van der Waals surface area (Å²) >= 11 is 1.39. The summed E-state index contributed by atoms with van der Waals surface area (Å²) in [7, 11) is 0. The van der Waals surface area contributed by atoms with E-state index in [1.165, 1.54) is 16.9 Å². The van der Waals surface area contributed by atoms with Gasteiger partial charge in [0.25, 0.3) is 5.56 Å². The SMILES string of the molecule is Cc1ccc(/C=c2\sc3nc4cc(C)c(C)cc4n3c2=O)o1. The van der Waals surface area contributed by atoms with E-state index in [2.05, 4.69) is 11.9 Å². The van der Waals surface area contributed by atoms with Crippen LogP contribution >= 0.6 is 11.3 Å². The number of hydrogen-bond donors (Lipinski definition) is 0. The predicted octanol–water partition coefficient (Wildman–Crippen LogP) is 2.98. The highest BCUT2D eigenvalue weighted by molar-refractivity contribution is 7.15. The highest BCUT2D eigenvalue weighted by Crippen LogP contribution is 2.20. The first-order chi connectivity index (χ1) is 10.5. The van der Waals surface area contributed by atoms with Crippen molar-refractivity contribution in [1.82, 2.24) is 9.38 Å². The summed E-state index contributed by atoms with van der Waals surface area (Å²) in [4.78, 5) is 18.0. The van der Waals surface area contributed by atoms with Crippen LogP contribution in [0.1, 0.15) is 22.6 Å². The van der Waals surface area contributed by atoms with Crippen LogP contribution in [0.15, 0.2) is 33.5 Å². The van der Waals surface area contributed by atoms with Gasteiger partial charge >= 0.3 is 0 Å². The zero-order chi connectivity index (χ0) is 15.4. The van der Waals surface area contributed by atoms with E-state index in [1.54, 1.807) is 10.5 Å². The van der Waals surface area contributed by atoms with Crippen LogP contribution in [-0.4, -0.2) is 9.38 Å². The van der Waals surface area contributed by atoms with E-state index < -0.39 is 0 Å². The van der Waals surface area contributed by atoms with Crippen molar-refractivity contribution in [3.63, 3.8) is 0 Å². The fourth-order valence-corrected chi connectivity index (χ4v) is 3.55. The molecule has 3 aromatic heterocycles. The number of thiazole rings is 1. The number of aromatic nitrogens is 2. The Morgan fingerprint density at radius 2 is 1.95 bits per heavy atom. The van der Waals surface area contributed by atoms with E-state index in [0.717, 1.165) is 27.3 Å². The van der Waals surface area contributed by atoms with Crippen LogP contribution in [0.5, 0.6) is 0 Å². The molecule has 0 radical (unpaired) electrons. The topological polar surface area (TPSA) is 47.5 Å². The molecule has 0 unspecified atom stereocenters. The van der Waals surface area contributed by atoms with Gasteiger partial charge in [0.1, 0.15) is 16.1 Å².